The van der Waals surface area contributed by atoms with E-state index in [4.69, 9.17) is 10.5 Å². The van der Waals surface area contributed by atoms with E-state index in [1.807, 2.05) is 46.4 Å². The third-order valence-corrected chi connectivity index (χ3v) is 2.94. The molecule has 6 nitrogen and oxygen atoms in total. The molecular weight excluding hydrogens is 268 g/mol. The highest BCUT2D eigenvalue weighted by Gasteiger charge is 2.20. The van der Waals surface area contributed by atoms with Crippen molar-refractivity contribution in [3.05, 3.63) is 0 Å². The normalized spacial score (nSPS) is 13.8. The Morgan fingerprint density at radius 3 is 2.24 bits per heavy atom. The van der Waals surface area contributed by atoms with E-state index in [-0.39, 0.29) is 12.0 Å². The molecule has 2 N–H and O–H groups in total. The summed E-state index contributed by atoms with van der Waals surface area (Å²) < 4.78 is 5.32. The zero-order valence-corrected chi connectivity index (χ0v) is 14.6. The van der Waals surface area contributed by atoms with Crippen LogP contribution in [0.15, 0.2) is 4.99 Å². The van der Waals surface area contributed by atoms with Crippen LogP contribution in [0.1, 0.15) is 41.5 Å². The van der Waals surface area contributed by atoms with E-state index in [0.29, 0.717) is 19.0 Å². The Morgan fingerprint density at radius 2 is 1.81 bits per heavy atom. The largest absolute Gasteiger partial charge is 0.444 e. The summed E-state index contributed by atoms with van der Waals surface area (Å²) in [5, 5.41) is 0. The van der Waals surface area contributed by atoms with Gasteiger partial charge in [0.1, 0.15) is 5.60 Å². The van der Waals surface area contributed by atoms with Crippen molar-refractivity contribution in [1.29, 1.82) is 0 Å². The molecule has 0 heterocycles. The third-order valence-electron chi connectivity index (χ3n) is 2.94. The standard InChI is InChI=1S/C15H32N4O2/c1-8-19(9-2)13(16)17-10-12(3)11-18(7)14(20)21-15(4,5)6/h12H,8-11H2,1-7H3,(H2,16,17). The van der Waals surface area contributed by atoms with E-state index in [1.165, 1.54) is 0 Å². The number of aliphatic imine (C=N–C) groups is 1. The summed E-state index contributed by atoms with van der Waals surface area (Å²) in [5.74, 6) is 0.781. The van der Waals surface area contributed by atoms with E-state index < -0.39 is 5.60 Å². The summed E-state index contributed by atoms with van der Waals surface area (Å²) in [5.41, 5.74) is 5.46. The third kappa shape index (κ3) is 8.42. The van der Waals surface area contributed by atoms with Crippen molar-refractivity contribution in [2.75, 3.05) is 33.2 Å². The van der Waals surface area contributed by atoms with Gasteiger partial charge in [-0.2, -0.15) is 0 Å². The van der Waals surface area contributed by atoms with Crippen molar-refractivity contribution in [3.63, 3.8) is 0 Å². The fourth-order valence-electron chi connectivity index (χ4n) is 1.84. The Labute approximate surface area is 129 Å². The van der Waals surface area contributed by atoms with Crippen molar-refractivity contribution < 1.29 is 9.53 Å². The summed E-state index contributed by atoms with van der Waals surface area (Å²) in [6, 6.07) is 0. The van der Waals surface area contributed by atoms with Gasteiger partial charge in [0.25, 0.3) is 0 Å². The fourth-order valence-corrected chi connectivity index (χ4v) is 1.84. The van der Waals surface area contributed by atoms with Crippen LogP contribution in [0, 0.1) is 5.92 Å². The second-order valence-electron chi connectivity index (χ2n) is 6.34. The van der Waals surface area contributed by atoms with Gasteiger partial charge in [0.15, 0.2) is 5.96 Å². The Balaban J connectivity index is 4.34. The number of carbonyl (C=O) groups is 1. The fraction of sp³-hybridized carbons (Fsp3) is 0.867. The molecule has 0 saturated carbocycles. The predicted molar refractivity (Wildman–Crippen MR) is 87.4 cm³/mol. The zero-order chi connectivity index (χ0) is 16.6. The first-order chi connectivity index (χ1) is 9.60. The first-order valence-electron chi connectivity index (χ1n) is 7.59. The first kappa shape index (κ1) is 19.5. The number of amides is 1. The molecule has 0 aromatic heterocycles. The van der Waals surface area contributed by atoms with E-state index in [0.717, 1.165) is 13.1 Å². The molecule has 0 aromatic carbocycles. The molecule has 0 saturated heterocycles. The van der Waals surface area contributed by atoms with E-state index in [2.05, 4.69) is 4.99 Å². The minimum absolute atomic E-state index is 0.219. The van der Waals surface area contributed by atoms with Crippen LogP contribution >= 0.6 is 0 Å². The van der Waals surface area contributed by atoms with Crippen molar-refractivity contribution >= 4 is 12.1 Å². The molecule has 0 radical (unpaired) electrons. The molecule has 124 valence electrons. The number of ether oxygens (including phenoxy) is 1. The first-order valence-corrected chi connectivity index (χ1v) is 7.59. The number of guanidine groups is 1. The molecule has 21 heavy (non-hydrogen) atoms. The second kappa shape index (κ2) is 8.74. The SMILES string of the molecule is CCN(CC)C(N)=NCC(C)CN(C)C(=O)OC(C)(C)C. The number of nitrogens with two attached hydrogens (primary N) is 1. The number of hydrogen-bond donors (Lipinski definition) is 1. The van der Waals surface area contributed by atoms with Crippen molar-refractivity contribution in [2.45, 2.75) is 47.1 Å². The van der Waals surface area contributed by atoms with Crippen LogP contribution in [-0.4, -0.2) is 60.7 Å². The van der Waals surface area contributed by atoms with Crippen LogP contribution in [0.4, 0.5) is 4.79 Å². The summed E-state index contributed by atoms with van der Waals surface area (Å²) in [4.78, 5) is 19.8. The summed E-state index contributed by atoms with van der Waals surface area (Å²) in [7, 11) is 1.74. The Bertz CT molecular complexity index is 346. The molecule has 6 heteroatoms. The monoisotopic (exact) mass is 300 g/mol. The summed E-state index contributed by atoms with van der Waals surface area (Å²) in [6.07, 6.45) is -0.310. The lowest BCUT2D eigenvalue weighted by atomic mass is 10.2. The second-order valence-corrected chi connectivity index (χ2v) is 6.34. The lowest BCUT2D eigenvalue weighted by molar-refractivity contribution is 0.0279. The van der Waals surface area contributed by atoms with Crippen molar-refractivity contribution in [1.82, 2.24) is 9.80 Å². The lowest BCUT2D eigenvalue weighted by Crippen LogP contribution is -2.39. The molecule has 0 rings (SSSR count). The van der Waals surface area contributed by atoms with Gasteiger partial charge in [0.05, 0.1) is 0 Å². The molecule has 0 aromatic rings. The van der Waals surface area contributed by atoms with Gasteiger partial charge in [-0.25, -0.2) is 4.79 Å². The molecule has 1 atom stereocenters. The van der Waals surface area contributed by atoms with Gasteiger partial charge >= 0.3 is 6.09 Å². The smallest absolute Gasteiger partial charge is 0.410 e. The average molecular weight is 300 g/mol. The zero-order valence-electron chi connectivity index (χ0n) is 14.6. The van der Waals surface area contributed by atoms with Crippen molar-refractivity contribution in [2.24, 2.45) is 16.6 Å². The van der Waals surface area contributed by atoms with Gasteiger partial charge in [-0.3, -0.25) is 4.99 Å². The Morgan fingerprint density at radius 1 is 1.29 bits per heavy atom. The average Bonchev–Trinajstić information content (AvgIpc) is 2.35. The maximum absolute atomic E-state index is 11.9. The highest BCUT2D eigenvalue weighted by atomic mass is 16.6. The highest BCUT2D eigenvalue weighted by Crippen LogP contribution is 2.10. The van der Waals surface area contributed by atoms with Gasteiger partial charge < -0.3 is 20.3 Å². The summed E-state index contributed by atoms with van der Waals surface area (Å²) in [6.45, 7) is 14.6. The van der Waals surface area contributed by atoms with Crippen LogP contribution in [0.2, 0.25) is 0 Å². The van der Waals surface area contributed by atoms with Crippen LogP contribution in [-0.2, 0) is 4.74 Å². The van der Waals surface area contributed by atoms with E-state index in [1.54, 1.807) is 11.9 Å². The Kier molecular flexibility index (Phi) is 8.14. The minimum Gasteiger partial charge on any atom is -0.444 e. The molecule has 0 spiro atoms. The topological polar surface area (TPSA) is 71.2 Å². The molecular formula is C15H32N4O2. The number of nitrogens with zero attached hydrogens (tertiary/aromatic N) is 3. The number of carbonyl (C=O) groups excluding carboxylic acids is 1. The molecule has 1 amide bonds. The van der Waals surface area contributed by atoms with Gasteiger partial charge in [-0.1, -0.05) is 6.92 Å². The molecule has 0 aliphatic carbocycles. The molecule has 0 aliphatic heterocycles. The van der Waals surface area contributed by atoms with Crippen molar-refractivity contribution in [3.8, 4) is 0 Å². The minimum atomic E-state index is -0.472. The van der Waals surface area contributed by atoms with E-state index in [9.17, 15) is 4.79 Å². The maximum Gasteiger partial charge on any atom is 0.410 e. The van der Waals surface area contributed by atoms with E-state index >= 15 is 0 Å². The van der Waals surface area contributed by atoms with Gasteiger partial charge in [-0.15, -0.1) is 0 Å². The lowest BCUT2D eigenvalue weighted by Gasteiger charge is -2.26. The quantitative estimate of drug-likeness (QED) is 0.602. The number of hydrogen-bond acceptors (Lipinski definition) is 3. The molecule has 0 bridgehead atoms. The number of rotatable bonds is 6. The summed E-state index contributed by atoms with van der Waals surface area (Å²) >= 11 is 0. The van der Waals surface area contributed by atoms with Gasteiger partial charge in [-0.05, 0) is 40.5 Å². The highest BCUT2D eigenvalue weighted by molar-refractivity contribution is 5.78. The predicted octanol–water partition coefficient (Wildman–Crippen LogP) is 2.15. The van der Waals surface area contributed by atoms with Crippen LogP contribution in [0.25, 0.3) is 0 Å². The maximum atomic E-state index is 11.9. The van der Waals surface area contributed by atoms with Crippen LogP contribution < -0.4 is 5.73 Å². The Hall–Kier alpha value is -1.46. The van der Waals surface area contributed by atoms with Crippen LogP contribution in [0.3, 0.4) is 0 Å². The van der Waals surface area contributed by atoms with Gasteiger partial charge in [0.2, 0.25) is 0 Å². The van der Waals surface area contributed by atoms with Crippen LogP contribution in [0.5, 0.6) is 0 Å². The molecule has 0 aliphatic rings. The van der Waals surface area contributed by atoms with Gasteiger partial charge in [0, 0.05) is 33.2 Å². The molecule has 0 fully saturated rings. The molecule has 1 unspecified atom stereocenters.